The molecule has 4 heteroatoms. The van der Waals surface area contributed by atoms with Gasteiger partial charge in [0.2, 0.25) is 0 Å². The number of H-pyrrole nitrogens is 1. The summed E-state index contributed by atoms with van der Waals surface area (Å²) in [6, 6.07) is 43.5. The van der Waals surface area contributed by atoms with Gasteiger partial charge in [-0.2, -0.15) is 0 Å². The molecule has 1 N–H and O–H groups in total. The first-order valence-electron chi connectivity index (χ1n) is 12.3. The smallest absolute Gasteiger partial charge is 0.164 e. The molecule has 0 unspecified atom stereocenters. The number of aromatic amines is 1. The number of nitrogens with one attached hydrogen (secondary N) is 1. The van der Waals surface area contributed by atoms with E-state index in [1.54, 1.807) is 0 Å². The van der Waals surface area contributed by atoms with E-state index in [1.807, 2.05) is 66.7 Å². The summed E-state index contributed by atoms with van der Waals surface area (Å²) in [5.41, 5.74) is 7.43. The lowest BCUT2D eigenvalue weighted by atomic mass is 10.0. The highest BCUT2D eigenvalue weighted by Crippen LogP contribution is 2.32. The van der Waals surface area contributed by atoms with Gasteiger partial charge in [0.05, 0.1) is 0 Å². The van der Waals surface area contributed by atoms with Crippen LogP contribution in [0.5, 0.6) is 0 Å². The van der Waals surface area contributed by atoms with Crippen molar-refractivity contribution in [1.82, 2.24) is 19.9 Å². The van der Waals surface area contributed by atoms with Gasteiger partial charge in [0.1, 0.15) is 0 Å². The molecule has 0 radical (unpaired) electrons. The van der Waals surface area contributed by atoms with Crippen LogP contribution in [-0.4, -0.2) is 19.9 Å². The maximum Gasteiger partial charge on any atom is 0.164 e. The Kier molecular flexibility index (Phi) is 5.07. The number of aromatic nitrogens is 4. The van der Waals surface area contributed by atoms with Crippen LogP contribution in [0.1, 0.15) is 0 Å². The van der Waals surface area contributed by atoms with E-state index in [0.29, 0.717) is 17.5 Å². The minimum absolute atomic E-state index is 0.651. The molecule has 7 rings (SSSR count). The number of fused-ring (bicyclic) bond motifs is 3. The zero-order chi connectivity index (χ0) is 24.6. The van der Waals surface area contributed by atoms with Gasteiger partial charge in [0.15, 0.2) is 17.5 Å². The lowest BCUT2D eigenvalue weighted by Gasteiger charge is -2.08. The lowest BCUT2D eigenvalue weighted by molar-refractivity contribution is 1.07. The molecule has 0 aliphatic heterocycles. The third kappa shape index (κ3) is 3.95. The summed E-state index contributed by atoms with van der Waals surface area (Å²) in [6.07, 6.45) is 0. The zero-order valence-electron chi connectivity index (χ0n) is 20.0. The average Bonchev–Trinajstić information content (AvgIpc) is 3.35. The number of hydrogen-bond donors (Lipinski definition) is 1. The van der Waals surface area contributed by atoms with Crippen LogP contribution in [0, 0.1) is 0 Å². The van der Waals surface area contributed by atoms with Crippen LogP contribution in [0.2, 0.25) is 0 Å². The highest BCUT2D eigenvalue weighted by Gasteiger charge is 2.14. The highest BCUT2D eigenvalue weighted by molar-refractivity contribution is 6.09. The van der Waals surface area contributed by atoms with Crippen molar-refractivity contribution in [2.24, 2.45) is 0 Å². The number of hydrogen-bond acceptors (Lipinski definition) is 3. The predicted octanol–water partition coefficient (Wildman–Crippen LogP) is 8.17. The van der Waals surface area contributed by atoms with Crippen LogP contribution in [-0.2, 0) is 0 Å². The fourth-order valence-corrected chi connectivity index (χ4v) is 4.80. The molecule has 174 valence electrons. The lowest BCUT2D eigenvalue weighted by Crippen LogP contribution is -2.00. The fraction of sp³-hybridized carbons (Fsp3) is 0. The van der Waals surface area contributed by atoms with E-state index in [1.165, 1.54) is 21.9 Å². The topological polar surface area (TPSA) is 54.5 Å². The molecule has 0 bridgehead atoms. The number of benzene rings is 5. The van der Waals surface area contributed by atoms with E-state index < -0.39 is 0 Å². The van der Waals surface area contributed by atoms with Gasteiger partial charge in [-0.15, -0.1) is 0 Å². The van der Waals surface area contributed by atoms with Gasteiger partial charge >= 0.3 is 0 Å². The maximum absolute atomic E-state index is 4.88. The molecule has 0 saturated heterocycles. The Labute approximate surface area is 214 Å². The quantitative estimate of drug-likeness (QED) is 0.280. The summed E-state index contributed by atoms with van der Waals surface area (Å²) in [6.45, 7) is 0. The molecule has 0 atom stereocenters. The number of rotatable bonds is 4. The van der Waals surface area contributed by atoms with E-state index in [2.05, 4.69) is 65.6 Å². The van der Waals surface area contributed by atoms with Crippen molar-refractivity contribution in [2.45, 2.75) is 0 Å². The molecule has 0 amide bonds. The molecule has 0 aliphatic rings. The predicted molar refractivity (Wildman–Crippen MR) is 151 cm³/mol. The SMILES string of the molecule is c1ccc(-c2ccc3c(c2)[nH]c2cc(-c4nc(-c5ccccc5)nc(-c5ccccc5)n4)ccc23)cc1. The Morgan fingerprint density at radius 3 is 1.27 bits per heavy atom. The van der Waals surface area contributed by atoms with Crippen molar-refractivity contribution >= 4 is 21.8 Å². The molecule has 0 saturated carbocycles. The first-order chi connectivity index (χ1) is 18.3. The van der Waals surface area contributed by atoms with E-state index >= 15 is 0 Å². The Bertz CT molecular complexity index is 1800. The van der Waals surface area contributed by atoms with Crippen molar-refractivity contribution in [1.29, 1.82) is 0 Å². The van der Waals surface area contributed by atoms with Crippen LogP contribution in [0.4, 0.5) is 0 Å². The molecular formula is C33H22N4. The van der Waals surface area contributed by atoms with Crippen molar-refractivity contribution in [3.8, 4) is 45.3 Å². The summed E-state index contributed by atoms with van der Waals surface area (Å²) in [4.78, 5) is 18.2. The normalized spacial score (nSPS) is 11.2. The van der Waals surface area contributed by atoms with Gasteiger partial charge in [0, 0.05) is 38.5 Å². The van der Waals surface area contributed by atoms with Crippen LogP contribution in [0.25, 0.3) is 67.1 Å². The Balaban J connectivity index is 1.37. The van der Waals surface area contributed by atoms with Gasteiger partial charge in [-0.25, -0.2) is 15.0 Å². The summed E-state index contributed by atoms with van der Waals surface area (Å²) in [7, 11) is 0. The van der Waals surface area contributed by atoms with Crippen LogP contribution in [0.15, 0.2) is 127 Å². The molecule has 0 spiro atoms. The molecule has 37 heavy (non-hydrogen) atoms. The van der Waals surface area contributed by atoms with Crippen LogP contribution in [0.3, 0.4) is 0 Å². The van der Waals surface area contributed by atoms with Crippen molar-refractivity contribution in [3.63, 3.8) is 0 Å². The second kappa shape index (κ2) is 8.85. The summed E-state index contributed by atoms with van der Waals surface area (Å²) in [5, 5.41) is 2.38. The first-order valence-corrected chi connectivity index (χ1v) is 12.3. The van der Waals surface area contributed by atoms with Crippen molar-refractivity contribution in [2.75, 3.05) is 0 Å². The van der Waals surface area contributed by atoms with Gasteiger partial charge in [-0.3, -0.25) is 0 Å². The third-order valence-corrected chi connectivity index (χ3v) is 6.66. The Hall–Kier alpha value is -5.09. The summed E-state index contributed by atoms with van der Waals surface area (Å²) in [5.74, 6) is 1.97. The Morgan fingerprint density at radius 1 is 0.351 bits per heavy atom. The van der Waals surface area contributed by atoms with Crippen molar-refractivity contribution in [3.05, 3.63) is 127 Å². The summed E-state index contributed by atoms with van der Waals surface area (Å²) >= 11 is 0. The molecule has 5 aromatic carbocycles. The second-order valence-electron chi connectivity index (χ2n) is 9.05. The molecule has 0 aliphatic carbocycles. The highest BCUT2D eigenvalue weighted by atomic mass is 15.0. The molecule has 2 aromatic heterocycles. The van der Waals surface area contributed by atoms with E-state index in [0.717, 1.165) is 27.7 Å². The Morgan fingerprint density at radius 2 is 0.757 bits per heavy atom. The minimum Gasteiger partial charge on any atom is -0.354 e. The summed E-state index contributed by atoms with van der Waals surface area (Å²) < 4.78 is 0. The molecule has 0 fully saturated rings. The van der Waals surface area contributed by atoms with Gasteiger partial charge in [-0.05, 0) is 23.3 Å². The zero-order valence-corrected chi connectivity index (χ0v) is 20.0. The van der Waals surface area contributed by atoms with E-state index in [-0.39, 0.29) is 0 Å². The number of nitrogens with zero attached hydrogens (tertiary/aromatic N) is 3. The molecule has 4 nitrogen and oxygen atoms in total. The van der Waals surface area contributed by atoms with Crippen molar-refractivity contribution < 1.29 is 0 Å². The van der Waals surface area contributed by atoms with Gasteiger partial charge < -0.3 is 4.98 Å². The maximum atomic E-state index is 4.88. The standard InChI is InChI=1S/C33H22N4/c1-4-10-22(11-5-1)25-16-18-27-28-19-17-26(21-30(28)34-29(27)20-25)33-36-31(23-12-6-2-7-13-23)35-32(37-33)24-14-8-3-9-15-24/h1-21,34H. The molecule has 2 heterocycles. The fourth-order valence-electron chi connectivity index (χ4n) is 4.80. The third-order valence-electron chi connectivity index (χ3n) is 6.66. The second-order valence-corrected chi connectivity index (χ2v) is 9.05. The van der Waals surface area contributed by atoms with Gasteiger partial charge in [-0.1, -0.05) is 115 Å². The van der Waals surface area contributed by atoms with Gasteiger partial charge in [0.25, 0.3) is 0 Å². The van der Waals surface area contributed by atoms with Crippen LogP contribution >= 0.6 is 0 Å². The minimum atomic E-state index is 0.651. The van der Waals surface area contributed by atoms with E-state index in [4.69, 9.17) is 15.0 Å². The van der Waals surface area contributed by atoms with E-state index in [9.17, 15) is 0 Å². The monoisotopic (exact) mass is 474 g/mol. The molecular weight excluding hydrogens is 452 g/mol. The average molecular weight is 475 g/mol. The largest absolute Gasteiger partial charge is 0.354 e. The molecule has 7 aromatic rings. The first kappa shape index (κ1) is 21.2. The van der Waals surface area contributed by atoms with Crippen LogP contribution < -0.4 is 0 Å².